The minimum absolute atomic E-state index is 0.0521. The Hall–Kier alpha value is -3.46. The van der Waals surface area contributed by atoms with E-state index in [4.69, 9.17) is 5.11 Å². The highest BCUT2D eigenvalue weighted by Crippen LogP contribution is 2.38. The lowest BCUT2D eigenvalue weighted by molar-refractivity contribution is -0.137. The Balaban J connectivity index is 0.000000224. The van der Waals surface area contributed by atoms with Crippen molar-refractivity contribution in [2.45, 2.75) is 12.8 Å². The second-order valence-electron chi connectivity index (χ2n) is 6.55. The van der Waals surface area contributed by atoms with Gasteiger partial charge in [0.05, 0.1) is 6.42 Å². The third-order valence-corrected chi connectivity index (χ3v) is 4.85. The van der Waals surface area contributed by atoms with Crippen LogP contribution < -0.4 is 0 Å². The first-order valence-electron chi connectivity index (χ1n) is 8.90. The van der Waals surface area contributed by atoms with Gasteiger partial charge in [0, 0.05) is 6.42 Å². The fraction of sp³-hybridized carbons (Fsp3) is 0.0833. The van der Waals surface area contributed by atoms with Crippen molar-refractivity contribution in [1.82, 2.24) is 0 Å². The SMILES string of the molecule is O=CCCC(=O)O.c1ccc2c(c1)cc1ccc3cccc4ccc2c1c34. The average molecular weight is 354 g/mol. The van der Waals surface area contributed by atoms with Crippen molar-refractivity contribution in [2.75, 3.05) is 0 Å². The lowest BCUT2D eigenvalue weighted by Gasteiger charge is -2.12. The van der Waals surface area contributed by atoms with Gasteiger partial charge in [-0.25, -0.2) is 0 Å². The number of rotatable bonds is 3. The Morgan fingerprint density at radius 1 is 0.741 bits per heavy atom. The largest absolute Gasteiger partial charge is 0.481 e. The second-order valence-corrected chi connectivity index (χ2v) is 6.55. The molecule has 0 saturated carbocycles. The van der Waals surface area contributed by atoms with Gasteiger partial charge in [-0.15, -0.1) is 0 Å². The molecule has 0 aromatic heterocycles. The van der Waals surface area contributed by atoms with E-state index in [2.05, 4.69) is 72.8 Å². The van der Waals surface area contributed by atoms with E-state index in [1.807, 2.05) is 0 Å². The van der Waals surface area contributed by atoms with Crippen molar-refractivity contribution in [3.8, 4) is 0 Å². The van der Waals surface area contributed by atoms with Crippen LogP contribution >= 0.6 is 0 Å². The molecular formula is C24H18O3. The van der Waals surface area contributed by atoms with Crippen molar-refractivity contribution in [3.63, 3.8) is 0 Å². The lowest BCUT2D eigenvalue weighted by Crippen LogP contribution is -1.93. The molecule has 27 heavy (non-hydrogen) atoms. The van der Waals surface area contributed by atoms with E-state index >= 15 is 0 Å². The molecule has 0 radical (unpaired) electrons. The number of hydrogen-bond acceptors (Lipinski definition) is 2. The molecule has 0 saturated heterocycles. The maximum Gasteiger partial charge on any atom is 0.303 e. The summed E-state index contributed by atoms with van der Waals surface area (Å²) in [5.74, 6) is -0.924. The summed E-state index contributed by atoms with van der Waals surface area (Å²) in [5.41, 5.74) is 0. The third-order valence-electron chi connectivity index (χ3n) is 4.85. The Kier molecular flexibility index (Phi) is 4.43. The summed E-state index contributed by atoms with van der Waals surface area (Å²) in [6.07, 6.45) is 0.660. The van der Waals surface area contributed by atoms with Crippen molar-refractivity contribution in [2.24, 2.45) is 0 Å². The molecule has 0 aliphatic carbocycles. The maximum atomic E-state index is 9.60. The molecule has 132 valence electrons. The summed E-state index contributed by atoms with van der Waals surface area (Å²) >= 11 is 0. The molecule has 0 fully saturated rings. The Labute approximate surface area is 156 Å². The van der Waals surface area contributed by atoms with Crippen LogP contribution in [0.15, 0.2) is 72.8 Å². The van der Waals surface area contributed by atoms with Crippen molar-refractivity contribution in [3.05, 3.63) is 72.8 Å². The van der Waals surface area contributed by atoms with Gasteiger partial charge in [0.25, 0.3) is 0 Å². The van der Waals surface area contributed by atoms with E-state index < -0.39 is 5.97 Å². The second kappa shape index (κ2) is 7.04. The number of fused-ring (bicyclic) bond motifs is 2. The first-order chi connectivity index (χ1) is 13.2. The normalized spacial score (nSPS) is 11.0. The van der Waals surface area contributed by atoms with Gasteiger partial charge in [-0.2, -0.15) is 0 Å². The molecule has 0 atom stereocenters. The molecule has 5 aromatic carbocycles. The number of benzene rings is 5. The monoisotopic (exact) mass is 354 g/mol. The van der Waals surface area contributed by atoms with E-state index in [1.165, 1.54) is 43.1 Å². The van der Waals surface area contributed by atoms with Crippen LogP contribution in [0.1, 0.15) is 12.8 Å². The summed E-state index contributed by atoms with van der Waals surface area (Å²) in [7, 11) is 0. The maximum absolute atomic E-state index is 9.60. The van der Waals surface area contributed by atoms with Crippen LogP contribution in [0.25, 0.3) is 43.1 Å². The summed E-state index contributed by atoms with van der Waals surface area (Å²) in [4.78, 5) is 19.0. The van der Waals surface area contributed by atoms with Crippen molar-refractivity contribution < 1.29 is 14.7 Å². The van der Waals surface area contributed by atoms with Crippen LogP contribution in [0.3, 0.4) is 0 Å². The predicted molar refractivity (Wildman–Crippen MR) is 111 cm³/mol. The van der Waals surface area contributed by atoms with E-state index in [-0.39, 0.29) is 12.8 Å². The first kappa shape index (κ1) is 17.0. The zero-order valence-corrected chi connectivity index (χ0v) is 14.7. The molecule has 0 aliphatic heterocycles. The number of aliphatic carboxylic acids is 1. The fourth-order valence-corrected chi connectivity index (χ4v) is 3.67. The number of carbonyl (C=O) groups excluding carboxylic acids is 1. The summed E-state index contributed by atoms with van der Waals surface area (Å²) < 4.78 is 0. The van der Waals surface area contributed by atoms with Gasteiger partial charge in [0.2, 0.25) is 0 Å². The Morgan fingerprint density at radius 3 is 2.11 bits per heavy atom. The summed E-state index contributed by atoms with van der Waals surface area (Å²) in [6.45, 7) is 0. The van der Waals surface area contributed by atoms with Gasteiger partial charge in [0.15, 0.2) is 0 Å². The smallest absolute Gasteiger partial charge is 0.303 e. The highest BCUT2D eigenvalue weighted by atomic mass is 16.4. The minimum Gasteiger partial charge on any atom is -0.481 e. The van der Waals surface area contributed by atoms with E-state index in [0.717, 1.165) is 0 Å². The van der Waals surface area contributed by atoms with Crippen LogP contribution in [0.2, 0.25) is 0 Å². The number of carboxylic acids is 1. The van der Waals surface area contributed by atoms with Crippen LogP contribution in [0.5, 0.6) is 0 Å². The van der Waals surface area contributed by atoms with Crippen molar-refractivity contribution in [1.29, 1.82) is 0 Å². The molecule has 0 unspecified atom stereocenters. The van der Waals surface area contributed by atoms with E-state index in [9.17, 15) is 9.59 Å². The van der Waals surface area contributed by atoms with Gasteiger partial charge in [-0.05, 0) is 49.2 Å². The number of hydrogen-bond donors (Lipinski definition) is 1. The van der Waals surface area contributed by atoms with Crippen LogP contribution in [0.4, 0.5) is 0 Å². The fourth-order valence-electron chi connectivity index (χ4n) is 3.67. The highest BCUT2D eigenvalue weighted by Gasteiger charge is 2.09. The van der Waals surface area contributed by atoms with Crippen LogP contribution in [0, 0.1) is 0 Å². The van der Waals surface area contributed by atoms with Crippen LogP contribution in [-0.4, -0.2) is 17.4 Å². The van der Waals surface area contributed by atoms with Crippen LogP contribution in [-0.2, 0) is 9.59 Å². The number of aldehydes is 1. The molecule has 0 heterocycles. The molecule has 0 spiro atoms. The van der Waals surface area contributed by atoms with Gasteiger partial charge in [-0.3, -0.25) is 4.79 Å². The Morgan fingerprint density at radius 2 is 1.41 bits per heavy atom. The lowest BCUT2D eigenvalue weighted by atomic mass is 9.91. The average Bonchev–Trinajstić information content (AvgIpc) is 2.70. The number of carboxylic acid groups (broad SMARTS) is 1. The summed E-state index contributed by atoms with van der Waals surface area (Å²) in [5, 5.41) is 18.7. The molecule has 5 aromatic rings. The third kappa shape index (κ3) is 3.08. The van der Waals surface area contributed by atoms with Gasteiger partial charge in [0.1, 0.15) is 6.29 Å². The molecule has 1 N–H and O–H groups in total. The summed E-state index contributed by atoms with van der Waals surface area (Å²) in [6, 6.07) is 26.5. The zero-order chi connectivity index (χ0) is 18.8. The highest BCUT2D eigenvalue weighted by molar-refractivity contribution is 6.28. The molecule has 3 nitrogen and oxygen atoms in total. The zero-order valence-electron chi connectivity index (χ0n) is 14.7. The minimum atomic E-state index is -0.924. The molecule has 3 heteroatoms. The first-order valence-corrected chi connectivity index (χ1v) is 8.90. The molecular weight excluding hydrogens is 336 g/mol. The topological polar surface area (TPSA) is 54.4 Å². The molecule has 0 amide bonds. The quantitative estimate of drug-likeness (QED) is 0.253. The number of carbonyl (C=O) groups is 2. The predicted octanol–water partition coefficient (Wildman–Crippen LogP) is 5.79. The standard InChI is InChI=1S/C20H12.C4H6O3/c1-2-7-17-15(4-1)12-16-9-8-13-5-3-6-14-10-11-18(17)20(16)19(13)14;5-3-1-2-4(6)7/h1-12H;3H,1-2H2,(H,6,7). The molecule has 5 rings (SSSR count). The van der Waals surface area contributed by atoms with E-state index in [0.29, 0.717) is 6.29 Å². The molecule has 0 bridgehead atoms. The van der Waals surface area contributed by atoms with E-state index in [1.54, 1.807) is 0 Å². The Bertz CT molecular complexity index is 1250. The van der Waals surface area contributed by atoms with Crippen molar-refractivity contribution >= 4 is 55.3 Å². The van der Waals surface area contributed by atoms with Gasteiger partial charge < -0.3 is 9.90 Å². The van der Waals surface area contributed by atoms with Gasteiger partial charge >= 0.3 is 5.97 Å². The molecule has 0 aliphatic rings. The van der Waals surface area contributed by atoms with Gasteiger partial charge in [-0.1, -0.05) is 66.7 Å².